The smallest absolute Gasteiger partial charge is 0.381 e. The molecule has 3 N–H and O–H groups in total. The average molecular weight is 370 g/mol. The highest BCUT2D eigenvalue weighted by Crippen LogP contribution is 2.42. The molecule has 1 aliphatic carbocycles. The van der Waals surface area contributed by atoms with E-state index < -0.39 is 22.7 Å². The van der Waals surface area contributed by atoms with Gasteiger partial charge in [-0.25, -0.2) is 0 Å². The van der Waals surface area contributed by atoms with E-state index in [0.717, 1.165) is 31.7 Å². The van der Waals surface area contributed by atoms with Gasteiger partial charge in [0.25, 0.3) is 0 Å². The van der Waals surface area contributed by atoms with E-state index in [-0.39, 0.29) is 5.91 Å². The number of amides is 1. The summed E-state index contributed by atoms with van der Waals surface area (Å²) in [5.41, 5.74) is 4.79. The molecule has 144 valence electrons. The maximum absolute atomic E-state index is 13.1. The second-order valence-corrected chi connectivity index (χ2v) is 7.52. The van der Waals surface area contributed by atoms with Crippen molar-refractivity contribution in [2.24, 2.45) is 5.73 Å². The molecule has 0 bridgehead atoms. The Balaban J connectivity index is 1.77. The highest BCUT2D eigenvalue weighted by Gasteiger charge is 2.41. The van der Waals surface area contributed by atoms with Crippen LogP contribution in [0, 0.1) is 0 Å². The minimum atomic E-state index is -4.37. The van der Waals surface area contributed by atoms with Crippen molar-refractivity contribution in [2.45, 2.75) is 55.7 Å². The lowest BCUT2D eigenvalue weighted by Crippen LogP contribution is -2.58. The van der Waals surface area contributed by atoms with Gasteiger partial charge >= 0.3 is 6.18 Å². The second-order valence-electron chi connectivity index (χ2n) is 7.52. The van der Waals surface area contributed by atoms with Crippen LogP contribution in [-0.2, 0) is 21.1 Å². The third-order valence-electron chi connectivity index (χ3n) is 5.79. The number of hydrogen-bond acceptors (Lipinski definition) is 3. The van der Waals surface area contributed by atoms with Crippen molar-refractivity contribution in [3.63, 3.8) is 0 Å². The van der Waals surface area contributed by atoms with Gasteiger partial charge in [0.1, 0.15) is 0 Å². The van der Waals surface area contributed by atoms with Crippen LogP contribution in [0.5, 0.6) is 0 Å². The SMILES string of the molecule is NC1(C(=O)NCC2(c3cccc(C(F)(F)F)c3)CCCC2)CCOCC1. The maximum atomic E-state index is 13.1. The van der Waals surface area contributed by atoms with Gasteiger partial charge in [-0.2, -0.15) is 13.2 Å². The highest BCUT2D eigenvalue weighted by atomic mass is 19.4. The van der Waals surface area contributed by atoms with Gasteiger partial charge < -0.3 is 15.8 Å². The van der Waals surface area contributed by atoms with Crippen LogP contribution in [0.3, 0.4) is 0 Å². The zero-order valence-corrected chi connectivity index (χ0v) is 14.7. The van der Waals surface area contributed by atoms with Gasteiger partial charge in [0.2, 0.25) is 5.91 Å². The highest BCUT2D eigenvalue weighted by molar-refractivity contribution is 5.86. The number of nitrogens with two attached hydrogens (primary N) is 1. The Morgan fingerprint density at radius 1 is 1.15 bits per heavy atom. The maximum Gasteiger partial charge on any atom is 0.416 e. The minimum absolute atomic E-state index is 0.237. The largest absolute Gasteiger partial charge is 0.416 e. The number of carbonyl (C=O) groups excluding carboxylic acids is 1. The van der Waals surface area contributed by atoms with E-state index in [9.17, 15) is 18.0 Å². The molecule has 1 saturated heterocycles. The van der Waals surface area contributed by atoms with Gasteiger partial charge in [-0.1, -0.05) is 31.0 Å². The molecule has 0 radical (unpaired) electrons. The Kier molecular flexibility index (Phi) is 5.30. The Bertz CT molecular complexity index is 648. The zero-order chi connectivity index (χ0) is 18.8. The third-order valence-corrected chi connectivity index (χ3v) is 5.79. The number of nitrogens with one attached hydrogen (secondary N) is 1. The lowest BCUT2D eigenvalue weighted by Gasteiger charge is -2.35. The predicted molar refractivity (Wildman–Crippen MR) is 91.6 cm³/mol. The molecule has 1 aromatic rings. The van der Waals surface area contributed by atoms with Gasteiger partial charge in [-0.3, -0.25) is 4.79 Å². The molecule has 0 atom stereocenters. The average Bonchev–Trinajstić information content (AvgIpc) is 3.10. The van der Waals surface area contributed by atoms with Crippen molar-refractivity contribution < 1.29 is 22.7 Å². The number of hydrogen-bond donors (Lipinski definition) is 2. The van der Waals surface area contributed by atoms with Crippen LogP contribution in [0.4, 0.5) is 13.2 Å². The first-order valence-electron chi connectivity index (χ1n) is 9.08. The molecule has 7 heteroatoms. The summed E-state index contributed by atoms with van der Waals surface area (Å²) in [6, 6.07) is 5.49. The van der Waals surface area contributed by atoms with E-state index in [0.29, 0.717) is 38.2 Å². The molecular weight excluding hydrogens is 345 g/mol. The minimum Gasteiger partial charge on any atom is -0.381 e. The van der Waals surface area contributed by atoms with Crippen LogP contribution in [0.1, 0.15) is 49.7 Å². The standard InChI is InChI=1S/C19H25F3N2O2/c20-19(21,22)15-5-3-4-14(12-15)17(6-1-2-7-17)13-24-16(25)18(23)8-10-26-11-9-18/h3-5,12H,1-2,6-11,13,23H2,(H,24,25). The molecule has 1 saturated carbocycles. The first-order chi connectivity index (χ1) is 12.3. The number of alkyl halides is 3. The van der Waals surface area contributed by atoms with E-state index >= 15 is 0 Å². The summed E-state index contributed by atoms with van der Waals surface area (Å²) < 4.78 is 44.5. The lowest BCUT2D eigenvalue weighted by molar-refractivity contribution is -0.137. The van der Waals surface area contributed by atoms with Gasteiger partial charge in [0, 0.05) is 25.2 Å². The fraction of sp³-hybridized carbons (Fsp3) is 0.632. The number of halogens is 3. The molecule has 0 spiro atoms. The molecule has 1 heterocycles. The molecule has 1 aliphatic heterocycles. The van der Waals surface area contributed by atoms with E-state index in [2.05, 4.69) is 5.32 Å². The van der Waals surface area contributed by atoms with Crippen LogP contribution in [0.15, 0.2) is 24.3 Å². The topological polar surface area (TPSA) is 64.4 Å². The van der Waals surface area contributed by atoms with Crippen LogP contribution < -0.4 is 11.1 Å². The Hall–Kier alpha value is -1.60. The molecule has 0 unspecified atom stereocenters. The van der Waals surface area contributed by atoms with Gasteiger partial charge in [-0.05, 0) is 37.3 Å². The monoisotopic (exact) mass is 370 g/mol. The molecule has 3 rings (SSSR count). The number of benzene rings is 1. The van der Waals surface area contributed by atoms with Gasteiger partial charge in [0.15, 0.2) is 0 Å². The quantitative estimate of drug-likeness (QED) is 0.856. The van der Waals surface area contributed by atoms with Crippen molar-refractivity contribution in [3.05, 3.63) is 35.4 Å². The third kappa shape index (κ3) is 3.88. The normalized spacial score (nSPS) is 22.2. The Labute approximate surface area is 151 Å². The van der Waals surface area contributed by atoms with Crippen LogP contribution >= 0.6 is 0 Å². The van der Waals surface area contributed by atoms with Gasteiger partial charge in [-0.15, -0.1) is 0 Å². The second kappa shape index (κ2) is 7.19. The molecule has 4 nitrogen and oxygen atoms in total. The predicted octanol–water partition coefficient (Wildman–Crippen LogP) is 3.14. The summed E-state index contributed by atoms with van der Waals surface area (Å²) in [5, 5.41) is 2.93. The lowest BCUT2D eigenvalue weighted by atomic mass is 9.78. The number of rotatable bonds is 4. The summed E-state index contributed by atoms with van der Waals surface area (Å²) in [5.74, 6) is -0.237. The molecule has 1 amide bonds. The molecule has 2 fully saturated rings. The molecule has 2 aliphatic rings. The number of carbonyl (C=O) groups is 1. The first kappa shape index (κ1) is 19.2. The molecule has 26 heavy (non-hydrogen) atoms. The zero-order valence-electron chi connectivity index (χ0n) is 14.7. The van der Waals surface area contributed by atoms with Crippen LogP contribution in [0.25, 0.3) is 0 Å². The van der Waals surface area contributed by atoms with Crippen molar-refractivity contribution in [3.8, 4) is 0 Å². The van der Waals surface area contributed by atoms with Gasteiger partial charge in [0.05, 0.1) is 11.1 Å². The number of ether oxygens (including phenoxy) is 1. The fourth-order valence-electron chi connectivity index (χ4n) is 4.03. The summed E-state index contributed by atoms with van der Waals surface area (Å²) >= 11 is 0. The van der Waals surface area contributed by atoms with Crippen molar-refractivity contribution >= 4 is 5.91 Å². The summed E-state index contributed by atoms with van der Waals surface area (Å²) in [7, 11) is 0. The molecule has 0 aromatic heterocycles. The first-order valence-corrected chi connectivity index (χ1v) is 9.08. The summed E-state index contributed by atoms with van der Waals surface area (Å²) in [6.45, 7) is 1.21. The van der Waals surface area contributed by atoms with Crippen molar-refractivity contribution in [2.75, 3.05) is 19.8 Å². The molecular formula is C19H25F3N2O2. The van der Waals surface area contributed by atoms with Crippen molar-refractivity contribution in [1.29, 1.82) is 0 Å². The van der Waals surface area contributed by atoms with E-state index in [1.165, 1.54) is 12.1 Å². The fourth-order valence-corrected chi connectivity index (χ4v) is 4.03. The summed E-state index contributed by atoms with van der Waals surface area (Å²) in [6.07, 6.45) is -0.0702. The molecule has 1 aromatic carbocycles. The Morgan fingerprint density at radius 2 is 1.81 bits per heavy atom. The summed E-state index contributed by atoms with van der Waals surface area (Å²) in [4.78, 5) is 12.6. The van der Waals surface area contributed by atoms with E-state index in [4.69, 9.17) is 10.5 Å². The van der Waals surface area contributed by atoms with Crippen LogP contribution in [-0.4, -0.2) is 31.2 Å². The van der Waals surface area contributed by atoms with E-state index in [1.807, 2.05) is 0 Å². The van der Waals surface area contributed by atoms with Crippen molar-refractivity contribution in [1.82, 2.24) is 5.32 Å². The Morgan fingerprint density at radius 3 is 2.42 bits per heavy atom. The van der Waals surface area contributed by atoms with E-state index in [1.54, 1.807) is 6.07 Å². The van der Waals surface area contributed by atoms with Crippen LogP contribution in [0.2, 0.25) is 0 Å².